The molecule has 1 aliphatic rings. The zero-order valence-corrected chi connectivity index (χ0v) is 12.1. The van der Waals surface area contributed by atoms with Crippen molar-refractivity contribution < 1.29 is 13.2 Å². The highest BCUT2D eigenvalue weighted by molar-refractivity contribution is 7.92. The molecule has 1 heterocycles. The Balaban J connectivity index is 2.23. The van der Waals surface area contributed by atoms with E-state index in [-0.39, 0.29) is 17.9 Å². The van der Waals surface area contributed by atoms with Gasteiger partial charge in [-0.25, -0.2) is 8.42 Å². The molecule has 0 radical (unpaired) electrons. The number of sulfone groups is 1. The van der Waals surface area contributed by atoms with Gasteiger partial charge in [0, 0.05) is 5.92 Å². The third-order valence-electron chi connectivity index (χ3n) is 3.74. The average Bonchev–Trinajstić information content (AvgIpc) is 2.81. The normalized spacial score (nSPS) is 29.1. The first-order chi connectivity index (χ1) is 8.96. The average molecular weight is 280 g/mol. The van der Waals surface area contributed by atoms with E-state index in [1.807, 2.05) is 19.9 Å². The summed E-state index contributed by atoms with van der Waals surface area (Å²) < 4.78 is 30.8. The second kappa shape index (κ2) is 5.47. The van der Waals surface area contributed by atoms with E-state index in [1.165, 1.54) is 0 Å². The smallest absolute Gasteiger partial charge is 0.205 e. The molecule has 2 rings (SSSR count). The van der Waals surface area contributed by atoms with Gasteiger partial charge in [0.2, 0.25) is 9.84 Å². The van der Waals surface area contributed by atoms with Crippen LogP contribution in [0, 0.1) is 11.8 Å². The summed E-state index contributed by atoms with van der Waals surface area (Å²) in [5, 5.41) is 0. The number of ether oxygens (including phenoxy) is 1. The van der Waals surface area contributed by atoms with Crippen LogP contribution in [0.15, 0.2) is 47.9 Å². The maximum absolute atomic E-state index is 12.5. The second-order valence-corrected chi connectivity index (χ2v) is 7.28. The monoisotopic (exact) mass is 280 g/mol. The van der Waals surface area contributed by atoms with E-state index in [1.54, 1.807) is 30.3 Å². The Morgan fingerprint density at radius 2 is 2.00 bits per heavy atom. The second-order valence-electron chi connectivity index (χ2n) is 5.20. The molecule has 4 atom stereocenters. The van der Waals surface area contributed by atoms with Gasteiger partial charge in [0.05, 0.1) is 11.0 Å². The van der Waals surface area contributed by atoms with Gasteiger partial charge >= 0.3 is 0 Å². The van der Waals surface area contributed by atoms with Crippen LogP contribution in [0.5, 0.6) is 0 Å². The minimum Gasteiger partial charge on any atom is -0.358 e. The molecule has 1 unspecified atom stereocenters. The molecule has 1 aromatic carbocycles. The highest BCUT2D eigenvalue weighted by atomic mass is 32.2. The van der Waals surface area contributed by atoms with Crippen LogP contribution >= 0.6 is 0 Å². The van der Waals surface area contributed by atoms with Crippen molar-refractivity contribution in [1.29, 1.82) is 0 Å². The van der Waals surface area contributed by atoms with Gasteiger partial charge in [0.1, 0.15) is 0 Å². The molecular weight excluding hydrogens is 260 g/mol. The topological polar surface area (TPSA) is 43.4 Å². The Hall–Kier alpha value is -1.13. The molecule has 104 valence electrons. The molecule has 0 spiro atoms. The van der Waals surface area contributed by atoms with Gasteiger partial charge in [-0.2, -0.15) is 0 Å². The van der Waals surface area contributed by atoms with Gasteiger partial charge in [-0.3, -0.25) is 0 Å². The lowest BCUT2D eigenvalue weighted by Gasteiger charge is -2.19. The first-order valence-electron chi connectivity index (χ1n) is 6.53. The zero-order chi connectivity index (χ0) is 14.0. The summed E-state index contributed by atoms with van der Waals surface area (Å²) in [6, 6.07) is 8.51. The van der Waals surface area contributed by atoms with Crippen molar-refractivity contribution in [1.82, 2.24) is 0 Å². The Morgan fingerprint density at radius 3 is 2.58 bits per heavy atom. The summed E-state index contributed by atoms with van der Waals surface area (Å²) in [4.78, 5) is 0.333. The molecule has 1 saturated heterocycles. The quantitative estimate of drug-likeness (QED) is 0.796. The number of hydrogen-bond donors (Lipinski definition) is 0. The van der Waals surface area contributed by atoms with E-state index in [4.69, 9.17) is 4.74 Å². The molecule has 0 saturated carbocycles. The van der Waals surface area contributed by atoms with Crippen LogP contribution in [0.3, 0.4) is 0 Å². The van der Waals surface area contributed by atoms with Crippen LogP contribution in [0.2, 0.25) is 0 Å². The molecule has 1 fully saturated rings. The minimum absolute atomic E-state index is 0.0685. The first-order valence-corrected chi connectivity index (χ1v) is 8.08. The summed E-state index contributed by atoms with van der Waals surface area (Å²) in [7, 11) is -3.40. The largest absolute Gasteiger partial charge is 0.358 e. The summed E-state index contributed by atoms with van der Waals surface area (Å²) >= 11 is 0. The van der Waals surface area contributed by atoms with Crippen molar-refractivity contribution in [3.05, 3.63) is 43.0 Å². The molecule has 19 heavy (non-hydrogen) atoms. The Labute approximate surface area is 115 Å². The van der Waals surface area contributed by atoms with Crippen molar-refractivity contribution in [2.24, 2.45) is 11.8 Å². The molecular formula is C15H20O3S. The van der Waals surface area contributed by atoms with E-state index >= 15 is 0 Å². The lowest BCUT2D eigenvalue weighted by atomic mass is 9.94. The van der Waals surface area contributed by atoms with Crippen LogP contribution in [0.4, 0.5) is 0 Å². The predicted molar refractivity (Wildman–Crippen MR) is 75.4 cm³/mol. The van der Waals surface area contributed by atoms with Gasteiger partial charge in [0.15, 0.2) is 5.44 Å². The maximum Gasteiger partial charge on any atom is 0.205 e. The molecule has 1 aromatic rings. The number of rotatable bonds is 4. The van der Waals surface area contributed by atoms with Gasteiger partial charge < -0.3 is 4.74 Å². The van der Waals surface area contributed by atoms with Gasteiger partial charge in [-0.05, 0) is 24.5 Å². The van der Waals surface area contributed by atoms with Crippen molar-refractivity contribution in [3.8, 4) is 0 Å². The summed E-state index contributed by atoms with van der Waals surface area (Å²) in [6.07, 6.45) is 2.29. The third-order valence-corrected chi connectivity index (χ3v) is 5.67. The summed E-state index contributed by atoms with van der Waals surface area (Å²) in [5.41, 5.74) is -0.739. The molecule has 0 bridgehead atoms. The van der Waals surface area contributed by atoms with E-state index in [9.17, 15) is 8.42 Å². The standard InChI is InChI=1S/C15H20O3S/c1-4-11(2)15-12(3)10-14(18-15)19(16,17)13-8-6-5-7-9-13/h4-9,11-12,14-15H,1,10H2,2-3H3/t11-,12-,14?,15-/m0/s1. The van der Waals surface area contributed by atoms with E-state index in [0.29, 0.717) is 11.3 Å². The molecule has 0 aliphatic carbocycles. The highest BCUT2D eigenvalue weighted by Gasteiger charge is 2.41. The van der Waals surface area contributed by atoms with E-state index in [0.717, 1.165) is 0 Å². The minimum atomic E-state index is -3.40. The molecule has 4 heteroatoms. The van der Waals surface area contributed by atoms with E-state index < -0.39 is 15.3 Å². The van der Waals surface area contributed by atoms with Crippen LogP contribution in [0.1, 0.15) is 20.3 Å². The number of benzene rings is 1. The Bertz CT molecular complexity index is 536. The predicted octanol–water partition coefficient (Wildman–Crippen LogP) is 3.03. The molecule has 3 nitrogen and oxygen atoms in total. The Kier molecular flexibility index (Phi) is 4.11. The highest BCUT2D eigenvalue weighted by Crippen LogP contribution is 2.36. The zero-order valence-electron chi connectivity index (χ0n) is 11.3. The third kappa shape index (κ3) is 2.74. The van der Waals surface area contributed by atoms with Crippen LogP contribution in [0.25, 0.3) is 0 Å². The van der Waals surface area contributed by atoms with Gasteiger partial charge in [-0.1, -0.05) is 38.1 Å². The SMILES string of the molecule is C=C[C@H](C)[C@@H]1OC(S(=O)(=O)c2ccccc2)C[C@@H]1C. The molecule has 1 aliphatic heterocycles. The lowest BCUT2D eigenvalue weighted by Crippen LogP contribution is -2.25. The summed E-state index contributed by atoms with van der Waals surface area (Å²) in [6.45, 7) is 7.79. The molecule has 0 N–H and O–H groups in total. The number of hydrogen-bond acceptors (Lipinski definition) is 3. The fraction of sp³-hybridized carbons (Fsp3) is 0.467. The van der Waals surface area contributed by atoms with E-state index in [2.05, 4.69) is 6.58 Å². The van der Waals surface area contributed by atoms with Gasteiger partial charge in [0.25, 0.3) is 0 Å². The molecule has 0 amide bonds. The Morgan fingerprint density at radius 1 is 1.37 bits per heavy atom. The van der Waals surface area contributed by atoms with Gasteiger partial charge in [-0.15, -0.1) is 6.58 Å². The van der Waals surface area contributed by atoms with Crippen LogP contribution in [-0.4, -0.2) is 20.0 Å². The lowest BCUT2D eigenvalue weighted by molar-refractivity contribution is 0.0488. The van der Waals surface area contributed by atoms with Crippen molar-refractivity contribution in [2.45, 2.75) is 36.7 Å². The fourth-order valence-electron chi connectivity index (χ4n) is 2.54. The van der Waals surface area contributed by atoms with Crippen molar-refractivity contribution >= 4 is 9.84 Å². The molecule has 0 aromatic heterocycles. The van der Waals surface area contributed by atoms with Crippen LogP contribution < -0.4 is 0 Å². The van der Waals surface area contributed by atoms with Crippen LogP contribution in [-0.2, 0) is 14.6 Å². The summed E-state index contributed by atoms with van der Waals surface area (Å²) in [5.74, 6) is 0.377. The van der Waals surface area contributed by atoms with Crippen molar-refractivity contribution in [3.63, 3.8) is 0 Å². The van der Waals surface area contributed by atoms with Crippen molar-refractivity contribution in [2.75, 3.05) is 0 Å². The maximum atomic E-state index is 12.5. The fourth-order valence-corrected chi connectivity index (χ4v) is 4.21. The first kappa shape index (κ1) is 14.3.